The maximum Gasteiger partial charge on any atom is 0.269 e. The van der Waals surface area contributed by atoms with Crippen LogP contribution in [0, 0.1) is 0 Å². The number of fused-ring (bicyclic) bond motifs is 1. The van der Waals surface area contributed by atoms with Crippen molar-refractivity contribution in [1.29, 1.82) is 0 Å². The van der Waals surface area contributed by atoms with Crippen molar-refractivity contribution in [1.82, 2.24) is 14.5 Å². The number of halogens is 2. The molecule has 1 aliphatic heterocycles. The van der Waals surface area contributed by atoms with Gasteiger partial charge in [0.1, 0.15) is 10.9 Å². The summed E-state index contributed by atoms with van der Waals surface area (Å²) in [4.78, 5) is 40.7. The maximum absolute atomic E-state index is 13.5. The van der Waals surface area contributed by atoms with Crippen molar-refractivity contribution < 1.29 is 22.8 Å². The molecule has 1 N–H and O–H groups in total. The van der Waals surface area contributed by atoms with Gasteiger partial charge in [-0.3, -0.25) is 14.4 Å². The SMILES string of the molecule is CCC(C(=O)NC(C)(C)C)N(Cc1ccc(Cl)cc1Cl)C(=O)CCCN1C(=O)c2ccccc2S1(=O)=O. The van der Waals surface area contributed by atoms with Crippen LogP contribution < -0.4 is 5.32 Å². The van der Waals surface area contributed by atoms with Gasteiger partial charge in [-0.25, -0.2) is 12.7 Å². The Morgan fingerprint density at radius 2 is 1.78 bits per heavy atom. The Balaban J connectivity index is 1.79. The Bertz CT molecular complexity index is 1310. The zero-order chi connectivity index (χ0) is 27.5. The van der Waals surface area contributed by atoms with E-state index in [0.717, 1.165) is 4.31 Å². The van der Waals surface area contributed by atoms with Crippen LogP contribution in [-0.2, 0) is 26.2 Å². The van der Waals surface area contributed by atoms with Crippen LogP contribution in [0.1, 0.15) is 62.9 Å². The minimum absolute atomic E-state index is 0.0322. The molecule has 0 radical (unpaired) electrons. The van der Waals surface area contributed by atoms with E-state index >= 15 is 0 Å². The molecule has 0 spiro atoms. The Morgan fingerprint density at radius 1 is 1.11 bits per heavy atom. The number of carbonyl (C=O) groups excluding carboxylic acids is 3. The van der Waals surface area contributed by atoms with E-state index in [1.54, 1.807) is 30.3 Å². The van der Waals surface area contributed by atoms with Crippen molar-refractivity contribution >= 4 is 50.9 Å². The third kappa shape index (κ3) is 6.64. The number of nitrogens with zero attached hydrogens (tertiary/aromatic N) is 2. The number of amides is 3. The van der Waals surface area contributed by atoms with Gasteiger partial charge in [-0.05, 0) is 63.4 Å². The van der Waals surface area contributed by atoms with Gasteiger partial charge < -0.3 is 10.2 Å². The molecule has 1 unspecified atom stereocenters. The molecule has 1 heterocycles. The summed E-state index contributed by atoms with van der Waals surface area (Å²) in [7, 11) is -3.96. The van der Waals surface area contributed by atoms with Gasteiger partial charge in [-0.15, -0.1) is 0 Å². The molecular formula is C26H31Cl2N3O5S. The number of hydrogen-bond donors (Lipinski definition) is 1. The van der Waals surface area contributed by atoms with Crippen molar-refractivity contribution in [3.8, 4) is 0 Å². The number of carbonyl (C=O) groups is 3. The van der Waals surface area contributed by atoms with Gasteiger partial charge in [0, 0.05) is 35.1 Å². The highest BCUT2D eigenvalue weighted by molar-refractivity contribution is 7.90. The molecule has 0 bridgehead atoms. The molecule has 3 rings (SSSR count). The van der Waals surface area contributed by atoms with Crippen LogP contribution in [0.5, 0.6) is 0 Å². The molecule has 1 atom stereocenters. The number of nitrogens with one attached hydrogen (secondary N) is 1. The summed E-state index contributed by atoms with van der Waals surface area (Å²) >= 11 is 12.4. The molecule has 0 saturated carbocycles. The van der Waals surface area contributed by atoms with E-state index in [0.29, 0.717) is 22.0 Å². The van der Waals surface area contributed by atoms with Gasteiger partial charge >= 0.3 is 0 Å². The number of hydrogen-bond acceptors (Lipinski definition) is 5. The minimum atomic E-state index is -3.96. The molecule has 2 aromatic rings. The van der Waals surface area contributed by atoms with Crippen LogP contribution in [-0.4, -0.2) is 53.5 Å². The molecule has 11 heteroatoms. The predicted octanol–water partition coefficient (Wildman–Crippen LogP) is 4.64. The van der Waals surface area contributed by atoms with Gasteiger partial charge in [-0.2, -0.15) is 0 Å². The van der Waals surface area contributed by atoms with Crippen LogP contribution >= 0.6 is 23.2 Å². The topological polar surface area (TPSA) is 104 Å². The molecule has 0 saturated heterocycles. The van der Waals surface area contributed by atoms with Gasteiger partial charge in [0.05, 0.1) is 5.56 Å². The third-order valence-electron chi connectivity index (χ3n) is 5.90. The van der Waals surface area contributed by atoms with E-state index in [2.05, 4.69) is 5.32 Å². The second kappa shape index (κ2) is 11.4. The number of rotatable bonds is 9. The standard InChI is InChI=1S/C26H31Cl2N3O5S/c1-5-21(24(33)29-26(2,3)4)30(16-17-12-13-18(27)15-20(17)28)23(32)11-8-14-31-25(34)19-9-6-7-10-22(19)37(31,35)36/h6-7,9-10,12-13,15,21H,5,8,11,14,16H2,1-4H3,(H,29,33). The third-order valence-corrected chi connectivity index (χ3v) is 8.33. The second-order valence-corrected chi connectivity index (χ2v) is 12.6. The van der Waals surface area contributed by atoms with Crippen molar-refractivity contribution in [3.63, 3.8) is 0 Å². The average molecular weight is 569 g/mol. The first-order valence-electron chi connectivity index (χ1n) is 12.0. The number of benzene rings is 2. The fourth-order valence-electron chi connectivity index (χ4n) is 4.18. The molecule has 0 aliphatic carbocycles. The van der Waals surface area contributed by atoms with Gasteiger partial charge in [0.15, 0.2) is 0 Å². The van der Waals surface area contributed by atoms with Crippen molar-refractivity contribution in [2.45, 2.75) is 70.0 Å². The highest BCUT2D eigenvalue weighted by Crippen LogP contribution is 2.30. The van der Waals surface area contributed by atoms with Crippen molar-refractivity contribution in [2.75, 3.05) is 6.54 Å². The van der Waals surface area contributed by atoms with Crippen LogP contribution in [0.4, 0.5) is 0 Å². The van der Waals surface area contributed by atoms with E-state index < -0.39 is 27.5 Å². The molecule has 0 fully saturated rings. The lowest BCUT2D eigenvalue weighted by atomic mass is 10.0. The van der Waals surface area contributed by atoms with Crippen molar-refractivity contribution in [3.05, 3.63) is 63.6 Å². The van der Waals surface area contributed by atoms with E-state index in [-0.39, 0.29) is 48.2 Å². The first kappa shape index (κ1) is 28.9. The Morgan fingerprint density at radius 3 is 2.38 bits per heavy atom. The van der Waals surface area contributed by atoms with Crippen molar-refractivity contribution in [2.24, 2.45) is 0 Å². The summed E-state index contributed by atoms with van der Waals surface area (Å²) in [5.41, 5.74) is 0.239. The summed E-state index contributed by atoms with van der Waals surface area (Å²) in [6, 6.07) is 10.2. The Labute approximate surface area is 228 Å². The Hall–Kier alpha value is -2.62. The lowest BCUT2D eigenvalue weighted by molar-refractivity contribution is -0.142. The molecule has 3 amide bonds. The van der Waals surface area contributed by atoms with Gasteiger partial charge in [0.2, 0.25) is 11.8 Å². The summed E-state index contributed by atoms with van der Waals surface area (Å²) in [6.45, 7) is 7.28. The van der Waals surface area contributed by atoms with Crippen LogP contribution in [0.2, 0.25) is 10.0 Å². The summed E-state index contributed by atoms with van der Waals surface area (Å²) < 4.78 is 26.4. The first-order valence-corrected chi connectivity index (χ1v) is 14.2. The second-order valence-electron chi connectivity index (χ2n) is 9.90. The van der Waals surface area contributed by atoms with Gasteiger partial charge in [0.25, 0.3) is 15.9 Å². The maximum atomic E-state index is 13.5. The fourth-order valence-corrected chi connectivity index (χ4v) is 6.25. The molecule has 0 aromatic heterocycles. The highest BCUT2D eigenvalue weighted by Gasteiger charge is 2.40. The van der Waals surface area contributed by atoms with E-state index in [1.807, 2.05) is 27.7 Å². The molecule has 8 nitrogen and oxygen atoms in total. The molecule has 2 aromatic carbocycles. The van der Waals surface area contributed by atoms with Crippen LogP contribution in [0.15, 0.2) is 47.4 Å². The van der Waals surface area contributed by atoms with Crippen LogP contribution in [0.25, 0.3) is 0 Å². The fraction of sp³-hybridized carbons (Fsp3) is 0.423. The molecule has 1 aliphatic rings. The monoisotopic (exact) mass is 567 g/mol. The Kier molecular flexibility index (Phi) is 8.93. The minimum Gasteiger partial charge on any atom is -0.350 e. The summed E-state index contributed by atoms with van der Waals surface area (Å²) in [5, 5.41) is 3.73. The van der Waals surface area contributed by atoms with Crippen LogP contribution in [0.3, 0.4) is 0 Å². The first-order chi connectivity index (χ1) is 17.3. The van der Waals surface area contributed by atoms with E-state index in [4.69, 9.17) is 23.2 Å². The summed E-state index contributed by atoms with van der Waals surface area (Å²) in [5.74, 6) is -1.27. The molecular weight excluding hydrogens is 537 g/mol. The normalized spacial score (nSPS) is 15.3. The quantitative estimate of drug-likeness (QED) is 0.475. The lowest BCUT2D eigenvalue weighted by Crippen LogP contribution is -2.53. The number of sulfonamides is 1. The zero-order valence-electron chi connectivity index (χ0n) is 21.3. The molecule has 200 valence electrons. The smallest absolute Gasteiger partial charge is 0.269 e. The lowest BCUT2D eigenvalue weighted by Gasteiger charge is -2.33. The predicted molar refractivity (Wildman–Crippen MR) is 143 cm³/mol. The highest BCUT2D eigenvalue weighted by atomic mass is 35.5. The average Bonchev–Trinajstić information content (AvgIpc) is 2.99. The summed E-state index contributed by atoms with van der Waals surface area (Å²) in [6.07, 6.45) is 0.382. The molecule has 37 heavy (non-hydrogen) atoms. The largest absolute Gasteiger partial charge is 0.350 e. The van der Waals surface area contributed by atoms with Gasteiger partial charge in [-0.1, -0.05) is 48.3 Å². The van der Waals surface area contributed by atoms with E-state index in [9.17, 15) is 22.8 Å². The van der Waals surface area contributed by atoms with E-state index in [1.165, 1.54) is 17.0 Å². The zero-order valence-corrected chi connectivity index (χ0v) is 23.6.